The van der Waals surface area contributed by atoms with Gasteiger partial charge in [-0.2, -0.15) is 0 Å². The summed E-state index contributed by atoms with van der Waals surface area (Å²) in [5.41, 5.74) is 0.210. The Labute approximate surface area is 124 Å². The second-order valence-electron chi connectivity index (χ2n) is 5.54. The monoisotopic (exact) mass is 294 g/mol. The average Bonchev–Trinajstić information content (AvgIpc) is 2.45. The van der Waals surface area contributed by atoms with E-state index in [9.17, 15) is 9.59 Å². The van der Waals surface area contributed by atoms with Crippen LogP contribution >= 0.6 is 0 Å². The molecular weight excluding hydrogens is 272 g/mol. The second-order valence-corrected chi connectivity index (χ2v) is 5.54. The van der Waals surface area contributed by atoms with E-state index in [-0.39, 0.29) is 16.7 Å². The Morgan fingerprint density at radius 3 is 2.52 bits per heavy atom. The third kappa shape index (κ3) is 4.98. The van der Waals surface area contributed by atoms with Crippen molar-refractivity contribution in [3.05, 3.63) is 23.8 Å². The van der Waals surface area contributed by atoms with E-state index in [2.05, 4.69) is 10.6 Å². The SMILES string of the molecule is CCC(C)(C)CNC(=O)Nc1ccc(OC)cc1C(=O)O. The number of aromatic carboxylic acids is 1. The van der Waals surface area contributed by atoms with Gasteiger partial charge in [0, 0.05) is 6.54 Å². The van der Waals surface area contributed by atoms with Crippen molar-refractivity contribution in [3.63, 3.8) is 0 Å². The number of carbonyl (C=O) groups excluding carboxylic acids is 1. The van der Waals surface area contributed by atoms with Gasteiger partial charge in [0.1, 0.15) is 5.75 Å². The molecule has 0 fully saturated rings. The van der Waals surface area contributed by atoms with Crippen LogP contribution in [0.5, 0.6) is 5.75 Å². The maximum atomic E-state index is 11.9. The van der Waals surface area contributed by atoms with Crippen LogP contribution in [0.2, 0.25) is 0 Å². The first-order chi connectivity index (χ1) is 9.79. The van der Waals surface area contributed by atoms with Gasteiger partial charge in [0.15, 0.2) is 0 Å². The molecule has 2 amide bonds. The molecule has 0 aliphatic carbocycles. The maximum Gasteiger partial charge on any atom is 0.337 e. The summed E-state index contributed by atoms with van der Waals surface area (Å²) in [7, 11) is 1.45. The van der Waals surface area contributed by atoms with E-state index in [0.717, 1.165) is 6.42 Å². The zero-order chi connectivity index (χ0) is 16.0. The minimum absolute atomic E-state index is 0.00707. The quantitative estimate of drug-likeness (QED) is 0.752. The number of benzene rings is 1. The molecule has 1 aromatic rings. The number of carboxylic acids is 1. The Morgan fingerprint density at radius 2 is 2.00 bits per heavy atom. The van der Waals surface area contributed by atoms with Crippen molar-refractivity contribution in [3.8, 4) is 5.75 Å². The molecule has 1 rings (SSSR count). The van der Waals surface area contributed by atoms with Crippen molar-refractivity contribution in [2.24, 2.45) is 5.41 Å². The van der Waals surface area contributed by atoms with Gasteiger partial charge in [-0.3, -0.25) is 0 Å². The van der Waals surface area contributed by atoms with Gasteiger partial charge in [-0.1, -0.05) is 20.8 Å². The van der Waals surface area contributed by atoms with Gasteiger partial charge in [-0.25, -0.2) is 9.59 Å². The highest BCUT2D eigenvalue weighted by Gasteiger charge is 2.17. The van der Waals surface area contributed by atoms with Crippen molar-refractivity contribution < 1.29 is 19.4 Å². The molecule has 1 aromatic carbocycles. The summed E-state index contributed by atoms with van der Waals surface area (Å²) < 4.78 is 4.98. The summed E-state index contributed by atoms with van der Waals surface area (Å²) in [5.74, 6) is -0.705. The van der Waals surface area contributed by atoms with Crippen LogP contribution in [-0.2, 0) is 0 Å². The highest BCUT2D eigenvalue weighted by Crippen LogP contribution is 2.22. The molecule has 0 unspecified atom stereocenters. The summed E-state index contributed by atoms with van der Waals surface area (Å²) in [6.07, 6.45) is 0.927. The number of hydrogen-bond donors (Lipinski definition) is 3. The van der Waals surface area contributed by atoms with Crippen LogP contribution in [0.3, 0.4) is 0 Å². The van der Waals surface area contributed by atoms with E-state index in [1.54, 1.807) is 6.07 Å². The van der Waals surface area contributed by atoms with Crippen molar-refractivity contribution in [2.75, 3.05) is 19.0 Å². The van der Waals surface area contributed by atoms with Crippen LogP contribution in [0.15, 0.2) is 18.2 Å². The van der Waals surface area contributed by atoms with Crippen molar-refractivity contribution in [1.29, 1.82) is 0 Å². The zero-order valence-corrected chi connectivity index (χ0v) is 12.8. The molecular formula is C15H22N2O4. The Morgan fingerprint density at radius 1 is 1.33 bits per heavy atom. The van der Waals surface area contributed by atoms with Gasteiger partial charge in [0.2, 0.25) is 0 Å². The van der Waals surface area contributed by atoms with E-state index in [1.165, 1.54) is 19.2 Å². The third-order valence-corrected chi connectivity index (χ3v) is 3.39. The molecule has 0 saturated heterocycles. The van der Waals surface area contributed by atoms with Crippen molar-refractivity contribution in [1.82, 2.24) is 5.32 Å². The molecule has 0 atom stereocenters. The number of urea groups is 1. The number of hydrogen-bond acceptors (Lipinski definition) is 3. The predicted molar refractivity (Wildman–Crippen MR) is 81.0 cm³/mol. The van der Waals surface area contributed by atoms with Crippen molar-refractivity contribution >= 4 is 17.7 Å². The molecule has 0 aromatic heterocycles. The largest absolute Gasteiger partial charge is 0.497 e. The lowest BCUT2D eigenvalue weighted by molar-refractivity contribution is 0.0697. The summed E-state index contributed by atoms with van der Waals surface area (Å²) in [6.45, 7) is 6.65. The van der Waals surface area contributed by atoms with Crippen LogP contribution in [0.4, 0.5) is 10.5 Å². The number of rotatable bonds is 6. The highest BCUT2D eigenvalue weighted by molar-refractivity contribution is 6.00. The molecule has 0 bridgehead atoms. The van der Waals surface area contributed by atoms with Crippen LogP contribution in [-0.4, -0.2) is 30.8 Å². The molecule has 3 N–H and O–H groups in total. The number of carboxylic acid groups (broad SMARTS) is 1. The normalized spacial score (nSPS) is 10.9. The first-order valence-electron chi connectivity index (χ1n) is 6.75. The lowest BCUT2D eigenvalue weighted by atomic mass is 9.90. The molecule has 0 aliphatic rings. The van der Waals surface area contributed by atoms with Crippen LogP contribution in [0, 0.1) is 5.41 Å². The van der Waals surface area contributed by atoms with Gasteiger partial charge in [0.25, 0.3) is 0 Å². The first kappa shape index (κ1) is 16.8. The number of nitrogens with one attached hydrogen (secondary N) is 2. The Hall–Kier alpha value is -2.24. The summed E-state index contributed by atoms with van der Waals surface area (Å²) >= 11 is 0. The molecule has 116 valence electrons. The van der Waals surface area contributed by atoms with Crippen molar-refractivity contribution in [2.45, 2.75) is 27.2 Å². The molecule has 6 heteroatoms. The second kappa shape index (κ2) is 6.97. The fourth-order valence-corrected chi connectivity index (χ4v) is 1.55. The molecule has 0 radical (unpaired) electrons. The van der Waals surface area contributed by atoms with Crippen LogP contribution < -0.4 is 15.4 Å². The van der Waals surface area contributed by atoms with E-state index < -0.39 is 12.0 Å². The number of carbonyl (C=O) groups is 2. The number of amides is 2. The molecule has 0 aliphatic heterocycles. The molecule has 6 nitrogen and oxygen atoms in total. The topological polar surface area (TPSA) is 87.7 Å². The van der Waals surface area contributed by atoms with E-state index in [4.69, 9.17) is 9.84 Å². The minimum Gasteiger partial charge on any atom is -0.497 e. The molecule has 0 spiro atoms. The Kier molecular flexibility index (Phi) is 5.58. The number of anilines is 1. The molecule has 21 heavy (non-hydrogen) atoms. The van der Waals surface area contributed by atoms with Gasteiger partial charge in [0.05, 0.1) is 18.4 Å². The summed E-state index contributed by atoms with van der Waals surface area (Å²) in [4.78, 5) is 23.1. The van der Waals surface area contributed by atoms with E-state index in [0.29, 0.717) is 12.3 Å². The third-order valence-electron chi connectivity index (χ3n) is 3.39. The van der Waals surface area contributed by atoms with Gasteiger partial charge >= 0.3 is 12.0 Å². The van der Waals surface area contributed by atoms with Crippen LogP contribution in [0.25, 0.3) is 0 Å². The highest BCUT2D eigenvalue weighted by atomic mass is 16.5. The summed E-state index contributed by atoms with van der Waals surface area (Å²) in [5, 5.41) is 14.5. The van der Waals surface area contributed by atoms with E-state index in [1.807, 2.05) is 20.8 Å². The minimum atomic E-state index is -1.13. The fraction of sp³-hybridized carbons (Fsp3) is 0.467. The Balaban J connectivity index is 2.78. The smallest absolute Gasteiger partial charge is 0.337 e. The maximum absolute atomic E-state index is 11.9. The number of methoxy groups -OCH3 is 1. The average molecular weight is 294 g/mol. The van der Waals surface area contributed by atoms with Gasteiger partial charge in [-0.15, -0.1) is 0 Å². The van der Waals surface area contributed by atoms with E-state index >= 15 is 0 Å². The molecule has 0 saturated carbocycles. The van der Waals surface area contributed by atoms with Gasteiger partial charge in [-0.05, 0) is 30.0 Å². The molecule has 0 heterocycles. The first-order valence-corrected chi connectivity index (χ1v) is 6.75. The Bertz CT molecular complexity index is 526. The van der Waals surface area contributed by atoms with Gasteiger partial charge < -0.3 is 20.5 Å². The zero-order valence-electron chi connectivity index (χ0n) is 12.8. The fourth-order valence-electron chi connectivity index (χ4n) is 1.55. The predicted octanol–water partition coefficient (Wildman–Crippen LogP) is 2.95. The number of ether oxygens (including phenoxy) is 1. The lowest BCUT2D eigenvalue weighted by Gasteiger charge is -2.23. The standard InChI is InChI=1S/C15H22N2O4/c1-5-15(2,3)9-16-14(20)17-12-7-6-10(21-4)8-11(12)13(18)19/h6-8H,5,9H2,1-4H3,(H,18,19)(H2,16,17,20). The summed E-state index contributed by atoms with van der Waals surface area (Å²) in [6, 6.07) is 4.04. The van der Waals surface area contributed by atoms with Crippen LogP contribution in [0.1, 0.15) is 37.6 Å². The lowest BCUT2D eigenvalue weighted by Crippen LogP contribution is -2.36.